The molecule has 1 aromatic heterocycles. The molecule has 0 amide bonds. The second kappa shape index (κ2) is 2.69. The molecule has 0 radical (unpaired) electrons. The Kier molecular flexibility index (Phi) is 1.83. The van der Waals surface area contributed by atoms with E-state index in [1.807, 2.05) is 22.6 Å². The van der Waals surface area contributed by atoms with E-state index in [-0.39, 0.29) is 5.82 Å². The van der Waals surface area contributed by atoms with Crippen LogP contribution in [0.4, 0.5) is 4.39 Å². The minimum absolute atomic E-state index is 0.115. The largest absolute Gasteiger partial charge is 0.247 e. The standard InChI is InChI=1S/C8H7FIN/c9-7-6(5-1-2-5)3-4-11-8(7)10/h3-5H,1-2H2. The van der Waals surface area contributed by atoms with E-state index in [0.29, 0.717) is 9.62 Å². The lowest BCUT2D eigenvalue weighted by molar-refractivity contribution is 0.595. The topological polar surface area (TPSA) is 12.9 Å². The van der Waals surface area contributed by atoms with Crippen molar-refractivity contribution in [3.8, 4) is 0 Å². The van der Waals surface area contributed by atoms with Gasteiger partial charge in [-0.15, -0.1) is 0 Å². The van der Waals surface area contributed by atoms with Crippen molar-refractivity contribution in [2.24, 2.45) is 0 Å². The fourth-order valence-electron chi connectivity index (χ4n) is 1.14. The van der Waals surface area contributed by atoms with Gasteiger partial charge in [0.2, 0.25) is 0 Å². The normalized spacial score (nSPS) is 16.9. The zero-order valence-electron chi connectivity index (χ0n) is 5.85. The second-order valence-corrected chi connectivity index (χ2v) is 3.80. The molecule has 0 atom stereocenters. The maximum atomic E-state index is 13.2. The van der Waals surface area contributed by atoms with Gasteiger partial charge < -0.3 is 0 Å². The third-order valence-electron chi connectivity index (χ3n) is 1.89. The van der Waals surface area contributed by atoms with Crippen LogP contribution >= 0.6 is 22.6 Å². The van der Waals surface area contributed by atoms with Crippen molar-refractivity contribution in [2.75, 3.05) is 0 Å². The fourth-order valence-corrected chi connectivity index (χ4v) is 1.61. The van der Waals surface area contributed by atoms with Crippen molar-refractivity contribution in [3.63, 3.8) is 0 Å². The minimum Gasteiger partial charge on any atom is -0.247 e. The predicted molar refractivity (Wildman–Crippen MR) is 48.9 cm³/mol. The average Bonchev–Trinajstić information content (AvgIpc) is 2.77. The molecule has 2 rings (SSSR count). The van der Waals surface area contributed by atoms with Gasteiger partial charge >= 0.3 is 0 Å². The Morgan fingerprint density at radius 1 is 1.55 bits per heavy atom. The number of hydrogen-bond acceptors (Lipinski definition) is 1. The summed E-state index contributed by atoms with van der Waals surface area (Å²) in [6.07, 6.45) is 3.95. The molecule has 0 saturated heterocycles. The summed E-state index contributed by atoms with van der Waals surface area (Å²) in [5.74, 6) is 0.363. The summed E-state index contributed by atoms with van der Waals surface area (Å²) in [4.78, 5) is 3.86. The Labute approximate surface area is 78.2 Å². The molecular formula is C8H7FIN. The van der Waals surface area contributed by atoms with Gasteiger partial charge in [0, 0.05) is 6.20 Å². The molecule has 1 fully saturated rings. The van der Waals surface area contributed by atoms with E-state index in [1.54, 1.807) is 12.3 Å². The highest BCUT2D eigenvalue weighted by Crippen LogP contribution is 2.41. The van der Waals surface area contributed by atoms with Gasteiger partial charge in [0.1, 0.15) is 3.70 Å². The SMILES string of the molecule is Fc1c(C2CC2)ccnc1I. The highest BCUT2D eigenvalue weighted by Gasteiger charge is 2.27. The molecule has 0 aromatic carbocycles. The lowest BCUT2D eigenvalue weighted by atomic mass is 10.2. The highest BCUT2D eigenvalue weighted by atomic mass is 127. The maximum absolute atomic E-state index is 13.2. The van der Waals surface area contributed by atoms with Crippen LogP contribution in [0.15, 0.2) is 12.3 Å². The third-order valence-corrected chi connectivity index (χ3v) is 2.65. The Balaban J connectivity index is 2.45. The van der Waals surface area contributed by atoms with Crippen molar-refractivity contribution in [2.45, 2.75) is 18.8 Å². The number of nitrogens with zero attached hydrogens (tertiary/aromatic N) is 1. The lowest BCUT2D eigenvalue weighted by Gasteiger charge is -1.99. The Morgan fingerprint density at radius 3 is 2.91 bits per heavy atom. The quantitative estimate of drug-likeness (QED) is 0.560. The molecule has 0 aliphatic heterocycles. The van der Waals surface area contributed by atoms with Crippen LogP contribution < -0.4 is 0 Å². The van der Waals surface area contributed by atoms with Crippen LogP contribution in [0.2, 0.25) is 0 Å². The molecule has 0 unspecified atom stereocenters. The van der Waals surface area contributed by atoms with Crippen molar-refractivity contribution in [1.82, 2.24) is 4.98 Å². The molecule has 1 aliphatic rings. The first kappa shape index (κ1) is 7.46. The van der Waals surface area contributed by atoms with E-state index in [0.717, 1.165) is 18.4 Å². The molecule has 0 N–H and O–H groups in total. The van der Waals surface area contributed by atoms with Gasteiger partial charge in [-0.3, -0.25) is 0 Å². The molecule has 1 saturated carbocycles. The molecule has 58 valence electrons. The molecule has 3 heteroatoms. The Morgan fingerprint density at radius 2 is 2.27 bits per heavy atom. The zero-order chi connectivity index (χ0) is 7.84. The van der Waals surface area contributed by atoms with Crippen LogP contribution in [0.3, 0.4) is 0 Å². The molecule has 1 aromatic rings. The van der Waals surface area contributed by atoms with E-state index < -0.39 is 0 Å². The van der Waals surface area contributed by atoms with E-state index in [1.165, 1.54) is 0 Å². The first-order valence-electron chi connectivity index (χ1n) is 3.59. The fraction of sp³-hybridized carbons (Fsp3) is 0.375. The number of pyridine rings is 1. The molecule has 11 heavy (non-hydrogen) atoms. The smallest absolute Gasteiger partial charge is 0.158 e. The Hall–Kier alpha value is -0.190. The van der Waals surface area contributed by atoms with Crippen LogP contribution in [-0.2, 0) is 0 Å². The van der Waals surface area contributed by atoms with E-state index in [2.05, 4.69) is 4.98 Å². The van der Waals surface area contributed by atoms with Gasteiger partial charge in [0.15, 0.2) is 5.82 Å². The van der Waals surface area contributed by atoms with Crippen LogP contribution in [0.5, 0.6) is 0 Å². The summed E-state index contributed by atoms with van der Waals surface area (Å²) < 4.78 is 13.7. The maximum Gasteiger partial charge on any atom is 0.158 e. The summed E-state index contributed by atoms with van der Waals surface area (Å²) in [6.45, 7) is 0. The molecular weight excluding hydrogens is 256 g/mol. The summed E-state index contributed by atoms with van der Waals surface area (Å²) in [6, 6.07) is 1.79. The number of hydrogen-bond donors (Lipinski definition) is 0. The van der Waals surface area contributed by atoms with Gasteiger partial charge in [0.25, 0.3) is 0 Å². The predicted octanol–water partition coefficient (Wildman–Crippen LogP) is 2.70. The molecule has 0 spiro atoms. The molecule has 0 bridgehead atoms. The van der Waals surface area contributed by atoms with Crippen LogP contribution in [-0.4, -0.2) is 4.98 Å². The second-order valence-electron chi connectivity index (χ2n) is 2.78. The first-order chi connectivity index (χ1) is 5.29. The van der Waals surface area contributed by atoms with Crippen molar-refractivity contribution < 1.29 is 4.39 Å². The van der Waals surface area contributed by atoms with Crippen molar-refractivity contribution >= 4 is 22.6 Å². The van der Waals surface area contributed by atoms with Crippen LogP contribution in [0.1, 0.15) is 24.3 Å². The van der Waals surface area contributed by atoms with Gasteiger partial charge in [-0.2, -0.15) is 0 Å². The number of halogens is 2. The van der Waals surface area contributed by atoms with Gasteiger partial charge in [-0.25, -0.2) is 9.37 Å². The third kappa shape index (κ3) is 1.38. The van der Waals surface area contributed by atoms with Gasteiger partial charge in [0.05, 0.1) is 0 Å². The summed E-state index contributed by atoms with van der Waals surface area (Å²) in [7, 11) is 0. The number of aromatic nitrogens is 1. The average molecular weight is 263 g/mol. The molecule has 1 nitrogen and oxygen atoms in total. The van der Waals surface area contributed by atoms with Gasteiger partial charge in [-0.05, 0) is 53.0 Å². The summed E-state index contributed by atoms with van der Waals surface area (Å²) >= 11 is 1.92. The van der Waals surface area contributed by atoms with E-state index in [4.69, 9.17) is 0 Å². The van der Waals surface area contributed by atoms with Crippen LogP contribution in [0.25, 0.3) is 0 Å². The minimum atomic E-state index is -0.115. The summed E-state index contributed by atoms with van der Waals surface area (Å²) in [5.41, 5.74) is 0.851. The lowest BCUT2D eigenvalue weighted by Crippen LogP contribution is -1.93. The van der Waals surface area contributed by atoms with E-state index in [9.17, 15) is 4.39 Å². The van der Waals surface area contributed by atoms with Gasteiger partial charge in [-0.1, -0.05) is 0 Å². The van der Waals surface area contributed by atoms with E-state index >= 15 is 0 Å². The monoisotopic (exact) mass is 263 g/mol. The summed E-state index contributed by atoms with van der Waals surface area (Å²) in [5, 5.41) is 0. The van der Waals surface area contributed by atoms with Crippen LogP contribution in [0, 0.1) is 9.52 Å². The van der Waals surface area contributed by atoms with Crippen molar-refractivity contribution in [3.05, 3.63) is 27.3 Å². The molecule has 1 heterocycles. The first-order valence-corrected chi connectivity index (χ1v) is 4.67. The van der Waals surface area contributed by atoms with Crippen molar-refractivity contribution in [1.29, 1.82) is 0 Å². The number of rotatable bonds is 1. The molecule has 1 aliphatic carbocycles. The Bertz CT molecular complexity index is 283. The zero-order valence-corrected chi connectivity index (χ0v) is 8.01. The highest BCUT2D eigenvalue weighted by molar-refractivity contribution is 14.1.